The van der Waals surface area contributed by atoms with Crippen molar-refractivity contribution in [3.8, 4) is 0 Å². The number of hydrogen-bond donors (Lipinski definition) is 2. The van der Waals surface area contributed by atoms with Crippen molar-refractivity contribution in [2.24, 2.45) is 0 Å². The highest BCUT2D eigenvalue weighted by Gasteiger charge is 2.16. The van der Waals surface area contributed by atoms with Crippen molar-refractivity contribution in [1.29, 1.82) is 0 Å². The largest absolute Gasteiger partial charge is 0.465 e. The summed E-state index contributed by atoms with van der Waals surface area (Å²) in [5.41, 5.74) is 7.93. The number of nitrogens with one attached hydrogen (secondary N) is 1. The van der Waals surface area contributed by atoms with E-state index in [0.717, 1.165) is 5.69 Å². The second-order valence-corrected chi connectivity index (χ2v) is 4.42. The fourth-order valence-electron chi connectivity index (χ4n) is 2.22. The molecule has 1 aromatic carbocycles. The summed E-state index contributed by atoms with van der Waals surface area (Å²) in [5, 5.41) is 3.40. The number of esters is 1. The Morgan fingerprint density at radius 2 is 2.12 bits per heavy atom. The molecule has 0 saturated heterocycles. The normalized spacial score (nSPS) is 15.8. The maximum absolute atomic E-state index is 11.4. The maximum atomic E-state index is 11.4. The third-order valence-corrected chi connectivity index (χ3v) is 3.19. The Morgan fingerprint density at radius 3 is 2.76 bits per heavy atom. The Kier molecular flexibility index (Phi) is 3.52. The zero-order valence-corrected chi connectivity index (χ0v) is 10.0. The molecule has 0 radical (unpaired) electrons. The van der Waals surface area contributed by atoms with Crippen LogP contribution in [0.15, 0.2) is 18.2 Å². The third kappa shape index (κ3) is 2.70. The van der Waals surface area contributed by atoms with Crippen molar-refractivity contribution in [2.45, 2.75) is 31.7 Å². The van der Waals surface area contributed by atoms with Gasteiger partial charge in [0.05, 0.1) is 24.0 Å². The van der Waals surface area contributed by atoms with E-state index in [4.69, 9.17) is 10.5 Å². The van der Waals surface area contributed by atoms with Gasteiger partial charge in [-0.05, 0) is 31.0 Å². The Balaban J connectivity index is 2.16. The van der Waals surface area contributed by atoms with Crippen LogP contribution in [0.1, 0.15) is 36.0 Å². The van der Waals surface area contributed by atoms with Crippen molar-refractivity contribution < 1.29 is 9.53 Å². The number of ether oxygens (including phenoxy) is 1. The molecule has 4 heteroatoms. The predicted molar refractivity (Wildman–Crippen MR) is 68.1 cm³/mol. The first-order valence-electron chi connectivity index (χ1n) is 5.95. The Labute approximate surface area is 101 Å². The SMILES string of the molecule is COC(=O)c1ccc(N)c(NC2CCCC2)c1. The number of carbonyl (C=O) groups excluding carboxylic acids is 1. The van der Waals surface area contributed by atoms with Crippen LogP contribution in [0.4, 0.5) is 11.4 Å². The minimum absolute atomic E-state index is 0.334. The number of rotatable bonds is 3. The molecule has 0 unspecified atom stereocenters. The highest BCUT2D eigenvalue weighted by Crippen LogP contribution is 2.26. The summed E-state index contributed by atoms with van der Waals surface area (Å²) in [4.78, 5) is 11.4. The molecular formula is C13H18N2O2. The van der Waals surface area contributed by atoms with Gasteiger partial charge in [0.25, 0.3) is 0 Å². The van der Waals surface area contributed by atoms with E-state index in [1.165, 1.54) is 32.8 Å². The van der Waals surface area contributed by atoms with Gasteiger partial charge in [-0.2, -0.15) is 0 Å². The number of anilines is 2. The first-order valence-corrected chi connectivity index (χ1v) is 5.95. The van der Waals surface area contributed by atoms with E-state index in [2.05, 4.69) is 5.32 Å². The highest BCUT2D eigenvalue weighted by molar-refractivity contribution is 5.91. The smallest absolute Gasteiger partial charge is 0.337 e. The molecule has 4 nitrogen and oxygen atoms in total. The second kappa shape index (κ2) is 5.08. The molecular weight excluding hydrogens is 216 g/mol. The molecule has 0 spiro atoms. The summed E-state index contributed by atoms with van der Waals surface area (Å²) in [6.45, 7) is 0. The minimum Gasteiger partial charge on any atom is -0.465 e. The molecule has 92 valence electrons. The number of benzene rings is 1. The summed E-state index contributed by atoms with van der Waals surface area (Å²) in [6.07, 6.45) is 4.85. The van der Waals surface area contributed by atoms with Crippen LogP contribution in [-0.4, -0.2) is 19.1 Å². The summed E-state index contributed by atoms with van der Waals surface area (Å²) >= 11 is 0. The summed E-state index contributed by atoms with van der Waals surface area (Å²) in [6, 6.07) is 5.66. The number of nitrogens with two attached hydrogens (primary N) is 1. The Hall–Kier alpha value is -1.71. The zero-order valence-electron chi connectivity index (χ0n) is 10.0. The summed E-state index contributed by atoms with van der Waals surface area (Å²) < 4.78 is 4.69. The second-order valence-electron chi connectivity index (χ2n) is 4.42. The van der Waals surface area contributed by atoms with Crippen molar-refractivity contribution in [1.82, 2.24) is 0 Å². The lowest BCUT2D eigenvalue weighted by atomic mass is 10.1. The third-order valence-electron chi connectivity index (χ3n) is 3.19. The summed E-state index contributed by atoms with van der Waals surface area (Å²) in [7, 11) is 1.38. The van der Waals surface area contributed by atoms with Crippen LogP contribution < -0.4 is 11.1 Å². The van der Waals surface area contributed by atoms with Gasteiger partial charge in [0.1, 0.15) is 0 Å². The molecule has 2 rings (SSSR count). The van der Waals surface area contributed by atoms with Gasteiger partial charge >= 0.3 is 5.97 Å². The molecule has 1 aliphatic carbocycles. The molecule has 0 aliphatic heterocycles. The van der Waals surface area contributed by atoms with Crippen molar-refractivity contribution in [2.75, 3.05) is 18.2 Å². The Bertz CT molecular complexity index is 412. The minimum atomic E-state index is -0.334. The van der Waals surface area contributed by atoms with Crippen LogP contribution in [0.25, 0.3) is 0 Å². The van der Waals surface area contributed by atoms with E-state index in [1.54, 1.807) is 18.2 Å². The van der Waals surface area contributed by atoms with E-state index < -0.39 is 0 Å². The van der Waals surface area contributed by atoms with Gasteiger partial charge < -0.3 is 15.8 Å². The Morgan fingerprint density at radius 1 is 1.41 bits per heavy atom. The van der Waals surface area contributed by atoms with Gasteiger partial charge in [0.2, 0.25) is 0 Å². The van der Waals surface area contributed by atoms with Gasteiger partial charge in [-0.1, -0.05) is 12.8 Å². The number of carbonyl (C=O) groups is 1. The molecule has 1 aliphatic rings. The average molecular weight is 234 g/mol. The van der Waals surface area contributed by atoms with E-state index >= 15 is 0 Å². The topological polar surface area (TPSA) is 64.3 Å². The van der Waals surface area contributed by atoms with Crippen molar-refractivity contribution in [3.63, 3.8) is 0 Å². The number of methoxy groups -OCH3 is 1. The molecule has 0 atom stereocenters. The first-order chi connectivity index (χ1) is 8.20. The van der Waals surface area contributed by atoms with E-state index in [9.17, 15) is 4.79 Å². The molecule has 0 aromatic heterocycles. The maximum Gasteiger partial charge on any atom is 0.337 e. The van der Waals surface area contributed by atoms with Gasteiger partial charge in [-0.25, -0.2) is 4.79 Å². The van der Waals surface area contributed by atoms with Gasteiger partial charge in [-0.3, -0.25) is 0 Å². The van der Waals surface area contributed by atoms with Crippen LogP contribution >= 0.6 is 0 Å². The average Bonchev–Trinajstić information content (AvgIpc) is 2.84. The van der Waals surface area contributed by atoms with E-state index in [-0.39, 0.29) is 5.97 Å². The molecule has 1 saturated carbocycles. The fraction of sp³-hybridized carbons (Fsp3) is 0.462. The quantitative estimate of drug-likeness (QED) is 0.622. The fourth-order valence-corrected chi connectivity index (χ4v) is 2.22. The molecule has 17 heavy (non-hydrogen) atoms. The van der Waals surface area contributed by atoms with Crippen LogP contribution in [0.3, 0.4) is 0 Å². The zero-order chi connectivity index (χ0) is 12.3. The monoisotopic (exact) mass is 234 g/mol. The molecule has 0 amide bonds. The van der Waals surface area contributed by atoms with Gasteiger partial charge in [-0.15, -0.1) is 0 Å². The molecule has 0 heterocycles. The van der Waals surface area contributed by atoms with Crippen LogP contribution in [0, 0.1) is 0 Å². The van der Waals surface area contributed by atoms with Crippen molar-refractivity contribution in [3.05, 3.63) is 23.8 Å². The molecule has 1 fully saturated rings. The van der Waals surface area contributed by atoms with E-state index in [0.29, 0.717) is 17.3 Å². The van der Waals surface area contributed by atoms with Crippen LogP contribution in [0.5, 0.6) is 0 Å². The molecule has 0 bridgehead atoms. The lowest BCUT2D eigenvalue weighted by Crippen LogP contribution is -2.16. The standard InChI is InChI=1S/C13H18N2O2/c1-17-13(16)9-6-7-11(14)12(8-9)15-10-4-2-3-5-10/h6-8,10,15H,2-5,14H2,1H3. The number of hydrogen-bond acceptors (Lipinski definition) is 4. The molecule has 3 N–H and O–H groups in total. The lowest BCUT2D eigenvalue weighted by Gasteiger charge is -2.16. The van der Waals surface area contributed by atoms with E-state index in [1.807, 2.05) is 0 Å². The first kappa shape index (κ1) is 11.8. The van der Waals surface area contributed by atoms with Gasteiger partial charge in [0.15, 0.2) is 0 Å². The van der Waals surface area contributed by atoms with Crippen LogP contribution in [0.2, 0.25) is 0 Å². The number of nitrogen functional groups attached to an aromatic ring is 1. The molecule has 1 aromatic rings. The lowest BCUT2D eigenvalue weighted by molar-refractivity contribution is 0.0601. The summed E-state index contributed by atoms with van der Waals surface area (Å²) in [5.74, 6) is -0.334. The van der Waals surface area contributed by atoms with Gasteiger partial charge in [0, 0.05) is 6.04 Å². The van der Waals surface area contributed by atoms with Crippen molar-refractivity contribution >= 4 is 17.3 Å². The predicted octanol–water partition coefficient (Wildman–Crippen LogP) is 2.41. The van der Waals surface area contributed by atoms with Crippen LogP contribution in [-0.2, 0) is 4.74 Å². The highest BCUT2D eigenvalue weighted by atomic mass is 16.5.